The van der Waals surface area contributed by atoms with Gasteiger partial charge in [-0.25, -0.2) is 14.6 Å². The fourth-order valence-electron chi connectivity index (χ4n) is 2.01. The van der Waals surface area contributed by atoms with Crippen LogP contribution in [-0.2, 0) is 11.3 Å². The number of benzene rings is 2. The number of rotatable bonds is 5. The molecule has 0 unspecified atom stereocenters. The molecular formula is C18H22FN3O2. The lowest BCUT2D eigenvalue weighted by Gasteiger charge is -2.20. The van der Waals surface area contributed by atoms with E-state index in [-0.39, 0.29) is 5.82 Å². The smallest absolute Gasteiger partial charge is 0.412 e. The SMILES string of the molecule is CC(C)(C)OC(=O)Nc1ccc(F)cc1CNNc1ccccc1. The van der Waals surface area contributed by atoms with E-state index in [1.165, 1.54) is 18.2 Å². The summed E-state index contributed by atoms with van der Waals surface area (Å²) in [6.07, 6.45) is -0.577. The first kappa shape index (κ1) is 17.7. The molecule has 0 aromatic heterocycles. The Hall–Kier alpha value is -2.60. The van der Waals surface area contributed by atoms with Crippen LogP contribution >= 0.6 is 0 Å². The minimum Gasteiger partial charge on any atom is -0.444 e. The second-order valence-electron chi connectivity index (χ2n) is 6.27. The van der Waals surface area contributed by atoms with Crippen molar-refractivity contribution < 1.29 is 13.9 Å². The van der Waals surface area contributed by atoms with Crippen molar-refractivity contribution in [3.8, 4) is 0 Å². The summed E-state index contributed by atoms with van der Waals surface area (Å²) in [7, 11) is 0. The van der Waals surface area contributed by atoms with Crippen LogP contribution in [0.25, 0.3) is 0 Å². The van der Waals surface area contributed by atoms with Gasteiger partial charge in [0.1, 0.15) is 11.4 Å². The monoisotopic (exact) mass is 331 g/mol. The van der Waals surface area contributed by atoms with E-state index in [1.807, 2.05) is 30.3 Å². The molecule has 0 spiro atoms. The molecule has 128 valence electrons. The van der Waals surface area contributed by atoms with Crippen molar-refractivity contribution in [2.75, 3.05) is 10.7 Å². The standard InChI is InChI=1S/C18H22FN3O2/c1-18(2,3)24-17(23)21-16-10-9-14(19)11-13(16)12-20-22-15-7-5-4-6-8-15/h4-11,20,22H,12H2,1-3H3,(H,21,23). The molecule has 0 radical (unpaired) electrons. The molecule has 0 aliphatic rings. The van der Waals surface area contributed by atoms with Crippen molar-refractivity contribution in [1.82, 2.24) is 5.43 Å². The van der Waals surface area contributed by atoms with Crippen LogP contribution < -0.4 is 16.2 Å². The molecular weight excluding hydrogens is 309 g/mol. The minimum absolute atomic E-state index is 0.317. The maximum absolute atomic E-state index is 13.5. The molecule has 2 aromatic carbocycles. The summed E-state index contributed by atoms with van der Waals surface area (Å²) in [5.41, 5.74) is 7.39. The van der Waals surface area contributed by atoms with Gasteiger partial charge in [0.05, 0.1) is 0 Å². The highest BCUT2D eigenvalue weighted by atomic mass is 19.1. The van der Waals surface area contributed by atoms with Crippen LogP contribution in [-0.4, -0.2) is 11.7 Å². The van der Waals surface area contributed by atoms with Gasteiger partial charge in [0.25, 0.3) is 0 Å². The van der Waals surface area contributed by atoms with Crippen molar-refractivity contribution in [3.05, 3.63) is 59.9 Å². The zero-order valence-corrected chi connectivity index (χ0v) is 14.0. The average Bonchev–Trinajstić information content (AvgIpc) is 2.49. The number of carbonyl (C=O) groups excluding carboxylic acids is 1. The topological polar surface area (TPSA) is 62.4 Å². The summed E-state index contributed by atoms with van der Waals surface area (Å²) in [5.74, 6) is -0.374. The fraction of sp³-hybridized carbons (Fsp3) is 0.278. The summed E-state index contributed by atoms with van der Waals surface area (Å²) < 4.78 is 18.7. The first-order chi connectivity index (χ1) is 11.3. The molecule has 24 heavy (non-hydrogen) atoms. The number of anilines is 2. The lowest BCUT2D eigenvalue weighted by atomic mass is 10.1. The van der Waals surface area contributed by atoms with Crippen LogP contribution in [0.15, 0.2) is 48.5 Å². The zero-order chi connectivity index (χ0) is 17.6. The molecule has 0 saturated heterocycles. The molecule has 6 heteroatoms. The van der Waals surface area contributed by atoms with E-state index in [0.29, 0.717) is 17.8 Å². The Morgan fingerprint density at radius 2 is 1.83 bits per heavy atom. The highest BCUT2D eigenvalue weighted by Gasteiger charge is 2.17. The van der Waals surface area contributed by atoms with Gasteiger partial charge in [0, 0.05) is 17.9 Å². The maximum atomic E-state index is 13.5. The van der Waals surface area contributed by atoms with Crippen LogP contribution in [0.5, 0.6) is 0 Å². The van der Waals surface area contributed by atoms with Crippen molar-refractivity contribution in [1.29, 1.82) is 0 Å². The van der Waals surface area contributed by atoms with Gasteiger partial charge in [-0.3, -0.25) is 5.32 Å². The number of ether oxygens (including phenoxy) is 1. The molecule has 0 atom stereocenters. The van der Waals surface area contributed by atoms with Crippen LogP contribution in [0.2, 0.25) is 0 Å². The Balaban J connectivity index is 2.00. The van der Waals surface area contributed by atoms with E-state index >= 15 is 0 Å². The molecule has 3 N–H and O–H groups in total. The summed E-state index contributed by atoms with van der Waals surface area (Å²) in [6, 6.07) is 13.7. The van der Waals surface area contributed by atoms with Crippen molar-refractivity contribution in [2.24, 2.45) is 0 Å². The number of para-hydroxylation sites is 1. The normalized spacial score (nSPS) is 11.0. The third kappa shape index (κ3) is 5.89. The van der Waals surface area contributed by atoms with Gasteiger partial charge in [0.15, 0.2) is 0 Å². The molecule has 2 rings (SSSR count). The summed E-state index contributed by atoms with van der Waals surface area (Å²) in [6.45, 7) is 5.66. The Labute approximate surface area is 141 Å². The van der Waals surface area contributed by atoms with Gasteiger partial charge < -0.3 is 10.2 Å². The van der Waals surface area contributed by atoms with Gasteiger partial charge in [0.2, 0.25) is 0 Å². The van der Waals surface area contributed by atoms with Crippen LogP contribution in [0.3, 0.4) is 0 Å². The predicted molar refractivity (Wildman–Crippen MR) is 93.2 cm³/mol. The van der Waals surface area contributed by atoms with Gasteiger partial charge >= 0.3 is 6.09 Å². The lowest BCUT2D eigenvalue weighted by Crippen LogP contribution is -2.28. The van der Waals surface area contributed by atoms with Gasteiger partial charge in [-0.15, -0.1) is 0 Å². The molecule has 0 saturated carbocycles. The van der Waals surface area contributed by atoms with Crippen molar-refractivity contribution in [3.63, 3.8) is 0 Å². The van der Waals surface area contributed by atoms with E-state index in [9.17, 15) is 9.18 Å². The third-order valence-corrected chi connectivity index (χ3v) is 2.99. The number of amides is 1. The quantitative estimate of drug-likeness (QED) is 0.715. The van der Waals surface area contributed by atoms with Gasteiger partial charge in [-0.1, -0.05) is 18.2 Å². The largest absolute Gasteiger partial charge is 0.444 e. The summed E-state index contributed by atoms with van der Waals surface area (Å²) in [5, 5.41) is 2.65. The third-order valence-electron chi connectivity index (χ3n) is 2.99. The number of nitrogens with one attached hydrogen (secondary N) is 3. The first-order valence-corrected chi connectivity index (χ1v) is 7.66. The van der Waals surface area contributed by atoms with Crippen LogP contribution in [0.4, 0.5) is 20.6 Å². The molecule has 0 aliphatic heterocycles. The Morgan fingerprint density at radius 3 is 2.50 bits per heavy atom. The number of halogens is 1. The number of hydrazine groups is 1. The summed E-state index contributed by atoms with van der Waals surface area (Å²) in [4.78, 5) is 11.9. The van der Waals surface area contributed by atoms with Gasteiger partial charge in [-0.05, 0) is 56.7 Å². The Bertz CT molecular complexity index is 684. The predicted octanol–water partition coefficient (Wildman–Crippen LogP) is 4.29. The Morgan fingerprint density at radius 1 is 1.12 bits per heavy atom. The van der Waals surface area contributed by atoms with Crippen LogP contribution in [0.1, 0.15) is 26.3 Å². The molecule has 0 bridgehead atoms. The Kier molecular flexibility index (Phi) is 5.76. The zero-order valence-electron chi connectivity index (χ0n) is 14.0. The highest BCUT2D eigenvalue weighted by Crippen LogP contribution is 2.18. The van der Waals surface area contributed by atoms with E-state index in [2.05, 4.69) is 16.2 Å². The molecule has 0 heterocycles. The fourth-order valence-corrected chi connectivity index (χ4v) is 2.01. The number of carbonyl (C=O) groups is 1. The van der Waals surface area contributed by atoms with E-state index < -0.39 is 11.7 Å². The molecule has 0 aliphatic carbocycles. The number of hydrogen-bond acceptors (Lipinski definition) is 4. The second kappa shape index (κ2) is 7.79. The maximum Gasteiger partial charge on any atom is 0.412 e. The first-order valence-electron chi connectivity index (χ1n) is 7.66. The second-order valence-corrected chi connectivity index (χ2v) is 6.27. The van der Waals surface area contributed by atoms with Crippen LogP contribution in [0, 0.1) is 5.82 Å². The molecule has 5 nitrogen and oxygen atoms in total. The lowest BCUT2D eigenvalue weighted by molar-refractivity contribution is 0.0635. The van der Waals surface area contributed by atoms with E-state index in [0.717, 1.165) is 5.69 Å². The van der Waals surface area contributed by atoms with E-state index in [1.54, 1.807) is 20.8 Å². The average molecular weight is 331 g/mol. The highest BCUT2D eigenvalue weighted by molar-refractivity contribution is 5.85. The molecule has 1 amide bonds. The van der Waals surface area contributed by atoms with Crippen molar-refractivity contribution >= 4 is 17.5 Å². The molecule has 2 aromatic rings. The molecule has 0 fully saturated rings. The number of hydrogen-bond donors (Lipinski definition) is 3. The minimum atomic E-state index is -0.600. The van der Waals surface area contributed by atoms with Gasteiger partial charge in [-0.2, -0.15) is 0 Å². The summed E-state index contributed by atoms with van der Waals surface area (Å²) >= 11 is 0. The van der Waals surface area contributed by atoms with Crippen molar-refractivity contribution in [2.45, 2.75) is 32.9 Å². The van der Waals surface area contributed by atoms with E-state index in [4.69, 9.17) is 4.74 Å².